The zero-order chi connectivity index (χ0) is 13.9. The van der Waals surface area contributed by atoms with Crippen molar-refractivity contribution < 1.29 is 4.74 Å². The summed E-state index contributed by atoms with van der Waals surface area (Å²) in [6.07, 6.45) is 0. The van der Waals surface area contributed by atoms with E-state index in [2.05, 4.69) is 36.4 Å². The highest BCUT2D eigenvalue weighted by Crippen LogP contribution is 2.31. The first kappa shape index (κ1) is 13.0. The van der Waals surface area contributed by atoms with Crippen LogP contribution < -0.4 is 4.74 Å². The van der Waals surface area contributed by atoms with Gasteiger partial charge in [0.25, 0.3) is 0 Å². The molecule has 0 aliphatic rings. The molecule has 0 bridgehead atoms. The van der Waals surface area contributed by atoms with Crippen LogP contribution in [0.3, 0.4) is 0 Å². The monoisotopic (exact) mass is 282 g/mol. The minimum Gasteiger partial charge on any atom is -0.497 e. The molecular weight excluding hydrogens is 268 g/mol. The molecule has 3 aromatic carbocycles. The molecule has 3 rings (SSSR count). The van der Waals surface area contributed by atoms with Crippen LogP contribution in [0.2, 0.25) is 0 Å². The van der Waals surface area contributed by atoms with Crippen LogP contribution in [0, 0.1) is 0 Å². The molecule has 1 atom stereocenters. The third kappa shape index (κ3) is 2.50. The predicted octanol–water partition coefficient (Wildman–Crippen LogP) is 5.18. The van der Waals surface area contributed by atoms with Gasteiger partial charge in [0.1, 0.15) is 5.75 Å². The van der Waals surface area contributed by atoms with Gasteiger partial charge in [0.15, 0.2) is 0 Å². The van der Waals surface area contributed by atoms with Gasteiger partial charge in [-0.1, -0.05) is 48.5 Å². The fourth-order valence-electron chi connectivity index (χ4n) is 2.34. The average Bonchev–Trinajstić information content (AvgIpc) is 2.54. The van der Waals surface area contributed by atoms with Gasteiger partial charge in [-0.15, -0.1) is 11.6 Å². The Kier molecular flexibility index (Phi) is 3.62. The zero-order valence-electron chi connectivity index (χ0n) is 11.2. The van der Waals surface area contributed by atoms with E-state index in [9.17, 15) is 0 Å². The molecule has 1 unspecified atom stereocenters. The molecule has 20 heavy (non-hydrogen) atoms. The summed E-state index contributed by atoms with van der Waals surface area (Å²) >= 11 is 6.57. The number of ether oxygens (including phenoxy) is 1. The van der Waals surface area contributed by atoms with Gasteiger partial charge in [0.2, 0.25) is 0 Å². The lowest BCUT2D eigenvalue weighted by atomic mass is 10.0. The zero-order valence-corrected chi connectivity index (χ0v) is 12.0. The van der Waals surface area contributed by atoms with Crippen LogP contribution in [-0.4, -0.2) is 7.11 Å². The number of fused-ring (bicyclic) bond motifs is 1. The molecule has 1 nitrogen and oxygen atoms in total. The van der Waals surface area contributed by atoms with Gasteiger partial charge in [-0.25, -0.2) is 0 Å². The van der Waals surface area contributed by atoms with Crippen LogP contribution in [0.4, 0.5) is 0 Å². The molecule has 0 aromatic heterocycles. The minimum atomic E-state index is -0.122. The molecule has 3 aromatic rings. The molecule has 0 amide bonds. The summed E-state index contributed by atoms with van der Waals surface area (Å²) in [6.45, 7) is 0. The van der Waals surface area contributed by atoms with Crippen molar-refractivity contribution in [2.24, 2.45) is 0 Å². The summed E-state index contributed by atoms with van der Waals surface area (Å²) in [5.41, 5.74) is 2.22. The minimum absolute atomic E-state index is 0.122. The lowest BCUT2D eigenvalue weighted by molar-refractivity contribution is 0.415. The van der Waals surface area contributed by atoms with Gasteiger partial charge < -0.3 is 4.74 Å². The number of rotatable bonds is 3. The van der Waals surface area contributed by atoms with Gasteiger partial charge in [-0.2, -0.15) is 0 Å². The summed E-state index contributed by atoms with van der Waals surface area (Å²) in [7, 11) is 1.68. The van der Waals surface area contributed by atoms with E-state index in [1.54, 1.807) is 7.11 Å². The molecule has 100 valence electrons. The maximum Gasteiger partial charge on any atom is 0.119 e. The average molecular weight is 283 g/mol. The van der Waals surface area contributed by atoms with Gasteiger partial charge in [0, 0.05) is 0 Å². The topological polar surface area (TPSA) is 9.23 Å². The lowest BCUT2D eigenvalue weighted by Gasteiger charge is -2.11. The van der Waals surface area contributed by atoms with Crippen molar-refractivity contribution in [1.29, 1.82) is 0 Å². The molecule has 0 aliphatic heterocycles. The Morgan fingerprint density at radius 3 is 2.25 bits per heavy atom. The molecule has 0 spiro atoms. The SMILES string of the molecule is COc1ccc2cc(C(Cl)c3ccccc3)ccc2c1. The van der Waals surface area contributed by atoms with Crippen LogP contribution in [0.5, 0.6) is 5.75 Å². The first-order valence-electron chi connectivity index (χ1n) is 6.54. The molecule has 0 saturated carbocycles. The number of benzene rings is 3. The first-order valence-corrected chi connectivity index (χ1v) is 6.98. The second-order valence-electron chi connectivity index (χ2n) is 4.75. The summed E-state index contributed by atoms with van der Waals surface area (Å²) in [6, 6.07) is 22.5. The number of hydrogen-bond donors (Lipinski definition) is 0. The Hall–Kier alpha value is -1.99. The van der Waals surface area contributed by atoms with Crippen LogP contribution in [-0.2, 0) is 0 Å². The fourth-order valence-corrected chi connectivity index (χ4v) is 2.62. The highest BCUT2D eigenvalue weighted by molar-refractivity contribution is 6.22. The predicted molar refractivity (Wildman–Crippen MR) is 84.6 cm³/mol. The van der Waals surface area contributed by atoms with Crippen molar-refractivity contribution in [3.63, 3.8) is 0 Å². The Balaban J connectivity index is 2.01. The van der Waals surface area contributed by atoms with Crippen LogP contribution in [0.25, 0.3) is 10.8 Å². The van der Waals surface area contributed by atoms with E-state index in [0.29, 0.717) is 0 Å². The highest BCUT2D eigenvalue weighted by Gasteiger charge is 2.10. The Morgan fingerprint density at radius 2 is 1.50 bits per heavy atom. The van der Waals surface area contributed by atoms with Crippen molar-refractivity contribution >= 4 is 22.4 Å². The highest BCUT2D eigenvalue weighted by atomic mass is 35.5. The molecule has 0 heterocycles. The molecule has 2 heteroatoms. The van der Waals surface area contributed by atoms with Crippen LogP contribution in [0.15, 0.2) is 66.7 Å². The van der Waals surface area contributed by atoms with E-state index in [4.69, 9.17) is 16.3 Å². The van der Waals surface area contributed by atoms with E-state index >= 15 is 0 Å². The molecule has 0 saturated heterocycles. The number of methoxy groups -OCH3 is 1. The van der Waals surface area contributed by atoms with Crippen molar-refractivity contribution in [3.05, 3.63) is 77.9 Å². The Morgan fingerprint density at radius 1 is 0.800 bits per heavy atom. The van der Waals surface area contributed by atoms with Gasteiger partial charge in [-0.3, -0.25) is 0 Å². The summed E-state index contributed by atoms with van der Waals surface area (Å²) < 4.78 is 5.24. The van der Waals surface area contributed by atoms with Gasteiger partial charge >= 0.3 is 0 Å². The summed E-state index contributed by atoms with van der Waals surface area (Å²) in [4.78, 5) is 0. The van der Waals surface area contributed by atoms with Crippen LogP contribution >= 0.6 is 11.6 Å². The Labute approximate surface area is 123 Å². The Bertz CT molecular complexity index is 722. The molecule has 0 radical (unpaired) electrons. The van der Waals surface area contributed by atoms with Crippen molar-refractivity contribution in [2.75, 3.05) is 7.11 Å². The van der Waals surface area contributed by atoms with Gasteiger partial charge in [0.05, 0.1) is 12.5 Å². The van der Waals surface area contributed by atoms with E-state index < -0.39 is 0 Å². The van der Waals surface area contributed by atoms with Crippen molar-refractivity contribution in [2.45, 2.75) is 5.38 Å². The maximum absolute atomic E-state index is 6.57. The lowest BCUT2D eigenvalue weighted by Crippen LogP contribution is -1.93. The molecular formula is C18H15ClO. The molecule has 0 fully saturated rings. The van der Waals surface area contributed by atoms with E-state index in [1.165, 1.54) is 5.39 Å². The van der Waals surface area contributed by atoms with E-state index in [1.807, 2.05) is 30.3 Å². The smallest absolute Gasteiger partial charge is 0.119 e. The van der Waals surface area contributed by atoms with Crippen molar-refractivity contribution in [1.82, 2.24) is 0 Å². The number of alkyl halides is 1. The third-order valence-electron chi connectivity index (χ3n) is 3.46. The maximum atomic E-state index is 6.57. The number of hydrogen-bond acceptors (Lipinski definition) is 1. The summed E-state index contributed by atoms with van der Waals surface area (Å²) in [5.74, 6) is 0.871. The standard InChI is InChI=1S/C18H15ClO/c1-20-17-10-9-14-11-16(8-7-15(14)12-17)18(19)13-5-3-2-4-6-13/h2-12,18H,1H3. The van der Waals surface area contributed by atoms with Crippen molar-refractivity contribution in [3.8, 4) is 5.75 Å². The number of halogens is 1. The second-order valence-corrected chi connectivity index (χ2v) is 5.18. The van der Waals surface area contributed by atoms with Gasteiger partial charge in [-0.05, 0) is 40.1 Å². The molecule has 0 aliphatic carbocycles. The first-order chi connectivity index (χ1) is 9.78. The molecule has 0 N–H and O–H groups in total. The van der Waals surface area contributed by atoms with E-state index in [-0.39, 0.29) is 5.38 Å². The quantitative estimate of drug-likeness (QED) is 0.602. The third-order valence-corrected chi connectivity index (χ3v) is 3.96. The largest absolute Gasteiger partial charge is 0.497 e. The second kappa shape index (κ2) is 5.56. The van der Waals surface area contributed by atoms with Crippen LogP contribution in [0.1, 0.15) is 16.5 Å². The summed E-state index contributed by atoms with van der Waals surface area (Å²) in [5, 5.41) is 2.21. The fraction of sp³-hybridized carbons (Fsp3) is 0.111. The van der Waals surface area contributed by atoms with E-state index in [0.717, 1.165) is 22.3 Å². The normalized spacial score (nSPS) is 12.3.